The van der Waals surface area contributed by atoms with Crippen LogP contribution in [0.1, 0.15) is 16.0 Å². The number of hydrogen-bond acceptors (Lipinski definition) is 4. The highest BCUT2D eigenvalue weighted by atomic mass is 32.2. The molecule has 2 aromatic carbocycles. The van der Waals surface area contributed by atoms with Crippen molar-refractivity contribution in [2.75, 3.05) is 7.05 Å². The highest BCUT2D eigenvalue weighted by molar-refractivity contribution is 7.89. The minimum Gasteiger partial charge on any atom is -0.487 e. The first-order valence-corrected chi connectivity index (χ1v) is 10.6. The smallest absolute Gasteiger partial charge is 0.270 e. The molecule has 27 heavy (non-hydrogen) atoms. The van der Waals surface area contributed by atoms with Crippen LogP contribution in [0.15, 0.2) is 70.9 Å². The maximum Gasteiger partial charge on any atom is 0.270 e. The van der Waals surface area contributed by atoms with E-state index in [1.807, 2.05) is 48.7 Å². The molecule has 0 N–H and O–H groups in total. The number of rotatable bonds is 5. The summed E-state index contributed by atoms with van der Waals surface area (Å²) in [6.45, 7) is 2.36. The van der Waals surface area contributed by atoms with E-state index in [1.54, 1.807) is 35.6 Å². The zero-order chi connectivity index (χ0) is 19.3. The fourth-order valence-corrected chi connectivity index (χ4v) is 3.88. The Labute approximate surface area is 164 Å². The molecule has 1 aromatic heterocycles. The van der Waals surface area contributed by atoms with Crippen molar-refractivity contribution in [3.8, 4) is 17.7 Å². The number of aryl methyl sites for hydroxylation is 1. The van der Waals surface area contributed by atoms with E-state index in [0.717, 1.165) is 14.7 Å². The van der Waals surface area contributed by atoms with Gasteiger partial charge in [-0.15, -0.1) is 11.3 Å². The molecule has 6 heteroatoms. The lowest BCUT2D eigenvalue weighted by atomic mass is 10.2. The van der Waals surface area contributed by atoms with Crippen LogP contribution in [0.2, 0.25) is 0 Å². The van der Waals surface area contributed by atoms with E-state index in [2.05, 4.69) is 12.0 Å². The Morgan fingerprint density at radius 3 is 2.48 bits per heavy atom. The van der Waals surface area contributed by atoms with Crippen LogP contribution in [0.25, 0.3) is 0 Å². The summed E-state index contributed by atoms with van der Waals surface area (Å²) in [6.07, 6.45) is 0. The molecule has 3 rings (SSSR count). The van der Waals surface area contributed by atoms with Gasteiger partial charge in [-0.1, -0.05) is 35.9 Å². The van der Waals surface area contributed by atoms with Gasteiger partial charge in [0.15, 0.2) is 0 Å². The Balaban J connectivity index is 1.79. The number of benzene rings is 2. The lowest BCUT2D eigenvalue weighted by Crippen LogP contribution is -2.22. The van der Waals surface area contributed by atoms with Gasteiger partial charge in [-0.2, -0.15) is 0 Å². The monoisotopic (exact) mass is 397 g/mol. The van der Waals surface area contributed by atoms with Crippen molar-refractivity contribution in [1.82, 2.24) is 4.31 Å². The van der Waals surface area contributed by atoms with Crippen molar-refractivity contribution in [3.05, 3.63) is 82.0 Å². The zero-order valence-electron chi connectivity index (χ0n) is 15.0. The molecule has 1 heterocycles. The molecule has 138 valence electrons. The van der Waals surface area contributed by atoms with Crippen LogP contribution in [0, 0.1) is 18.9 Å². The summed E-state index contributed by atoms with van der Waals surface area (Å²) in [6, 6.07) is 20.7. The second-order valence-electron chi connectivity index (χ2n) is 5.89. The van der Waals surface area contributed by atoms with E-state index in [-0.39, 0.29) is 4.90 Å². The highest BCUT2D eigenvalue weighted by Gasteiger charge is 2.18. The van der Waals surface area contributed by atoms with Crippen molar-refractivity contribution in [2.24, 2.45) is 0 Å². The Hall–Kier alpha value is -2.75. The number of thiophene rings is 1. The van der Waals surface area contributed by atoms with Gasteiger partial charge in [0.2, 0.25) is 0 Å². The summed E-state index contributed by atoms with van der Waals surface area (Å²) >= 11 is 1.62. The molecular weight excluding hydrogens is 378 g/mol. The van der Waals surface area contributed by atoms with Gasteiger partial charge < -0.3 is 4.74 Å². The Morgan fingerprint density at radius 1 is 1.04 bits per heavy atom. The quantitative estimate of drug-likeness (QED) is 0.477. The van der Waals surface area contributed by atoms with Crippen LogP contribution in [-0.2, 0) is 16.6 Å². The number of sulfonamides is 1. The van der Waals surface area contributed by atoms with Gasteiger partial charge in [-0.3, -0.25) is 0 Å². The molecule has 4 nitrogen and oxygen atoms in total. The lowest BCUT2D eigenvalue weighted by molar-refractivity contribution is 0.309. The average Bonchev–Trinajstić information content (AvgIpc) is 3.19. The summed E-state index contributed by atoms with van der Waals surface area (Å²) < 4.78 is 32.1. The molecule has 0 saturated heterocycles. The number of hydrogen-bond donors (Lipinski definition) is 0. The van der Waals surface area contributed by atoms with Crippen LogP contribution in [0.4, 0.5) is 0 Å². The zero-order valence-corrected chi connectivity index (χ0v) is 16.7. The molecule has 0 atom stereocenters. The Kier molecular flexibility index (Phi) is 5.84. The van der Waals surface area contributed by atoms with E-state index in [0.29, 0.717) is 17.9 Å². The fraction of sp³-hybridized carbons (Fsp3) is 0.143. The van der Waals surface area contributed by atoms with Gasteiger partial charge in [-0.05, 0) is 48.6 Å². The van der Waals surface area contributed by atoms with Gasteiger partial charge >= 0.3 is 0 Å². The number of ether oxygens (including phenoxy) is 1. The van der Waals surface area contributed by atoms with E-state index < -0.39 is 10.0 Å². The van der Waals surface area contributed by atoms with Gasteiger partial charge in [0, 0.05) is 18.0 Å². The third kappa shape index (κ3) is 4.70. The van der Waals surface area contributed by atoms with Crippen LogP contribution >= 0.6 is 11.3 Å². The van der Waals surface area contributed by atoms with Crippen LogP contribution in [0.3, 0.4) is 0 Å². The van der Waals surface area contributed by atoms with Gasteiger partial charge in [0.1, 0.15) is 12.4 Å². The molecule has 0 bridgehead atoms. The van der Waals surface area contributed by atoms with Crippen LogP contribution in [-0.4, -0.2) is 19.8 Å². The third-order valence-corrected chi connectivity index (χ3v) is 6.39. The maximum atomic E-state index is 12.6. The van der Waals surface area contributed by atoms with E-state index in [9.17, 15) is 8.42 Å². The minimum absolute atomic E-state index is 0.215. The molecule has 0 radical (unpaired) electrons. The maximum absolute atomic E-state index is 12.6. The minimum atomic E-state index is -3.67. The number of nitrogens with zero attached hydrogens (tertiary/aromatic N) is 1. The van der Waals surface area contributed by atoms with Gasteiger partial charge in [-0.25, -0.2) is 12.7 Å². The van der Waals surface area contributed by atoms with E-state index in [1.165, 1.54) is 7.05 Å². The predicted molar refractivity (Wildman–Crippen MR) is 108 cm³/mol. The molecule has 0 amide bonds. The fourth-order valence-electron chi connectivity index (χ4n) is 2.31. The summed E-state index contributed by atoms with van der Waals surface area (Å²) in [5.41, 5.74) is 1.64. The second kappa shape index (κ2) is 8.30. The molecule has 0 aliphatic rings. The van der Waals surface area contributed by atoms with Crippen LogP contribution < -0.4 is 4.74 Å². The van der Waals surface area contributed by atoms with Crippen molar-refractivity contribution in [2.45, 2.75) is 18.4 Å². The first-order chi connectivity index (χ1) is 13.0. The molecule has 0 aliphatic carbocycles. The average molecular weight is 398 g/mol. The molecular formula is C21H19NO3S2. The molecule has 0 unspecified atom stereocenters. The van der Waals surface area contributed by atoms with Crippen molar-refractivity contribution in [1.29, 1.82) is 0 Å². The molecule has 0 spiro atoms. The summed E-state index contributed by atoms with van der Waals surface area (Å²) in [5, 5.41) is 2.00. The Morgan fingerprint density at radius 2 is 1.78 bits per heavy atom. The van der Waals surface area contributed by atoms with Crippen molar-refractivity contribution < 1.29 is 13.2 Å². The van der Waals surface area contributed by atoms with Gasteiger partial charge in [0.05, 0.1) is 10.5 Å². The summed E-state index contributed by atoms with van der Waals surface area (Å²) in [5.74, 6) is 3.53. The topological polar surface area (TPSA) is 46.6 Å². The Bertz CT molecular complexity index is 1060. The number of para-hydroxylation sites is 1. The largest absolute Gasteiger partial charge is 0.487 e. The third-order valence-electron chi connectivity index (χ3n) is 3.86. The van der Waals surface area contributed by atoms with E-state index >= 15 is 0 Å². The lowest BCUT2D eigenvalue weighted by Gasteiger charge is -2.12. The highest BCUT2D eigenvalue weighted by Crippen LogP contribution is 2.20. The van der Waals surface area contributed by atoms with Crippen molar-refractivity contribution >= 4 is 21.4 Å². The summed E-state index contributed by atoms with van der Waals surface area (Å²) in [7, 11) is -2.22. The molecule has 0 fully saturated rings. The normalized spacial score (nSPS) is 10.7. The SMILES string of the molecule is Cc1ccc(S(=O)(=O)N(C)C#Cc2ccccc2OCc2cccs2)cc1. The first kappa shape index (κ1) is 19.0. The molecule has 0 saturated carbocycles. The van der Waals surface area contributed by atoms with E-state index in [4.69, 9.17) is 4.74 Å². The van der Waals surface area contributed by atoms with Gasteiger partial charge in [0.25, 0.3) is 10.0 Å². The van der Waals surface area contributed by atoms with Crippen molar-refractivity contribution in [3.63, 3.8) is 0 Å². The molecule has 3 aromatic rings. The standard InChI is InChI=1S/C21H19NO3S2/c1-17-9-11-20(12-10-17)27(23,24)22(2)14-13-18-6-3-4-8-21(18)25-16-19-7-5-15-26-19/h3-12,15H,16H2,1-2H3. The predicted octanol–water partition coefficient (Wildman–Crippen LogP) is 4.27. The second-order valence-corrected chi connectivity index (χ2v) is 8.89. The molecule has 0 aliphatic heterocycles. The van der Waals surface area contributed by atoms with Crippen LogP contribution in [0.5, 0.6) is 5.75 Å². The summed E-state index contributed by atoms with van der Waals surface area (Å²) in [4.78, 5) is 1.32. The first-order valence-electron chi connectivity index (χ1n) is 8.28.